The molecule has 242 valence electrons. The second kappa shape index (κ2) is 19.4. The van der Waals surface area contributed by atoms with Crippen LogP contribution >= 0.6 is 0 Å². The summed E-state index contributed by atoms with van der Waals surface area (Å²) >= 11 is 0. The molecule has 0 heterocycles. The Morgan fingerprint density at radius 1 is 0.864 bits per heavy atom. The number of nitrogens with one attached hydrogen (secondary N) is 1. The zero-order valence-electron chi connectivity index (χ0n) is 26.1. The molecule has 0 bridgehead atoms. The molecule has 0 radical (unpaired) electrons. The van der Waals surface area contributed by atoms with Crippen molar-refractivity contribution in [3.05, 3.63) is 59.2 Å². The van der Waals surface area contributed by atoms with E-state index >= 15 is 0 Å². The van der Waals surface area contributed by atoms with Gasteiger partial charge in [-0.1, -0.05) is 25.0 Å². The van der Waals surface area contributed by atoms with Crippen molar-refractivity contribution in [1.82, 2.24) is 0 Å². The predicted molar refractivity (Wildman–Crippen MR) is 171 cm³/mol. The number of ether oxygens (including phenoxy) is 4. The van der Waals surface area contributed by atoms with Gasteiger partial charge in [-0.3, -0.25) is 9.59 Å². The first kappa shape index (κ1) is 36.3. The summed E-state index contributed by atoms with van der Waals surface area (Å²) in [7, 11) is -3.47. The molecule has 0 aliphatic rings. The van der Waals surface area contributed by atoms with Gasteiger partial charge in [0.1, 0.15) is 11.5 Å². The van der Waals surface area contributed by atoms with E-state index in [0.717, 1.165) is 61.5 Å². The maximum atomic E-state index is 12.1. The number of unbranched alkanes of at least 4 members (excludes halogenated alkanes) is 3. The topological polar surface area (TPSA) is 155 Å². The minimum absolute atomic E-state index is 0.107. The lowest BCUT2D eigenvalue weighted by Crippen LogP contribution is -2.10. The van der Waals surface area contributed by atoms with E-state index in [1.807, 2.05) is 12.1 Å². The Balaban J connectivity index is 1.94. The number of sulfone groups is 1. The number of benzene rings is 2. The van der Waals surface area contributed by atoms with E-state index in [0.29, 0.717) is 50.6 Å². The van der Waals surface area contributed by atoms with Crippen molar-refractivity contribution >= 4 is 33.7 Å². The lowest BCUT2D eigenvalue weighted by molar-refractivity contribution is -0.144. The van der Waals surface area contributed by atoms with Crippen molar-refractivity contribution in [2.24, 2.45) is 5.73 Å². The summed E-state index contributed by atoms with van der Waals surface area (Å²) in [6.45, 7) is 5.04. The van der Waals surface area contributed by atoms with Crippen LogP contribution in [0.15, 0.2) is 47.4 Å². The van der Waals surface area contributed by atoms with Crippen LogP contribution in [-0.4, -0.2) is 59.3 Å². The lowest BCUT2D eigenvalue weighted by atomic mass is 9.96. The first-order valence-electron chi connectivity index (χ1n) is 15.1. The summed E-state index contributed by atoms with van der Waals surface area (Å²) in [5.41, 5.74) is 8.84. The molecule has 11 heteroatoms. The lowest BCUT2D eigenvalue weighted by Gasteiger charge is -2.16. The van der Waals surface area contributed by atoms with Crippen molar-refractivity contribution < 1.29 is 37.0 Å². The Labute approximate surface area is 261 Å². The fourth-order valence-electron chi connectivity index (χ4n) is 4.54. The van der Waals surface area contributed by atoms with Gasteiger partial charge in [-0.25, -0.2) is 8.42 Å². The van der Waals surface area contributed by atoms with Gasteiger partial charge in [0.05, 0.1) is 31.3 Å². The molecule has 0 aromatic heterocycles. The number of esters is 2. The summed E-state index contributed by atoms with van der Waals surface area (Å²) in [6, 6.07) is 10.5. The van der Waals surface area contributed by atoms with Gasteiger partial charge < -0.3 is 30.1 Å². The molecule has 2 aromatic carbocycles. The maximum Gasteiger partial charge on any atom is 0.306 e. The molecule has 2 aromatic rings. The smallest absolute Gasteiger partial charge is 0.306 e. The molecule has 0 fully saturated rings. The molecule has 0 amide bonds. The Kier molecular flexibility index (Phi) is 16.0. The molecular formula is C33H46N2O8S. The maximum absolute atomic E-state index is 12.1. The van der Waals surface area contributed by atoms with Crippen molar-refractivity contribution in [1.29, 1.82) is 5.41 Å². The SMILES string of the molecule is CCOC(=O)CCCOc1cccc(CCCCCCOc2cc(C(N)=CC=N)cc(S(C)(=O)=O)c2)c1CCC(=O)OCC. The third-order valence-electron chi connectivity index (χ3n) is 6.72. The standard InChI is InChI=1S/C33H46N2O8S/c1-4-40-32(36)15-11-21-43-31-14-10-13-25(29(31)16-17-33(37)41-5-2)12-8-6-7-9-20-42-27-22-26(30(35)18-19-34)23-28(24-27)44(3,38)39/h10,13-14,18-19,22-24,34H,4-9,11-12,15-17,20-21,35H2,1-3H3. The van der Waals surface area contributed by atoms with E-state index in [2.05, 4.69) is 6.07 Å². The van der Waals surface area contributed by atoms with Crippen LogP contribution in [0.4, 0.5) is 0 Å². The normalized spacial score (nSPS) is 11.6. The predicted octanol–water partition coefficient (Wildman–Crippen LogP) is 5.44. The highest BCUT2D eigenvalue weighted by Crippen LogP contribution is 2.27. The minimum atomic E-state index is -3.47. The largest absolute Gasteiger partial charge is 0.494 e. The molecule has 0 aliphatic carbocycles. The summed E-state index contributed by atoms with van der Waals surface area (Å²) in [4.78, 5) is 23.8. The highest BCUT2D eigenvalue weighted by Gasteiger charge is 2.14. The van der Waals surface area contributed by atoms with Crippen molar-refractivity contribution in [2.75, 3.05) is 32.7 Å². The van der Waals surface area contributed by atoms with Gasteiger partial charge in [-0.05, 0) is 87.4 Å². The van der Waals surface area contributed by atoms with Gasteiger partial charge in [-0.2, -0.15) is 0 Å². The third-order valence-corrected chi connectivity index (χ3v) is 7.81. The highest BCUT2D eigenvalue weighted by molar-refractivity contribution is 7.90. The molecule has 0 atom stereocenters. The molecule has 0 unspecified atom stereocenters. The Bertz CT molecular complexity index is 1370. The highest BCUT2D eigenvalue weighted by atomic mass is 32.2. The van der Waals surface area contributed by atoms with Gasteiger partial charge in [0, 0.05) is 36.6 Å². The van der Waals surface area contributed by atoms with Gasteiger partial charge in [0.2, 0.25) is 0 Å². The molecule has 0 aliphatic heterocycles. The van der Waals surface area contributed by atoms with Crippen LogP contribution in [0.3, 0.4) is 0 Å². The number of hydrogen-bond donors (Lipinski definition) is 2. The van der Waals surface area contributed by atoms with Gasteiger partial charge in [0.25, 0.3) is 0 Å². The molecule has 0 spiro atoms. The Morgan fingerprint density at radius 2 is 1.55 bits per heavy atom. The van der Waals surface area contributed by atoms with E-state index in [9.17, 15) is 18.0 Å². The second-order valence-electron chi connectivity index (χ2n) is 10.2. The minimum Gasteiger partial charge on any atom is -0.494 e. The van der Waals surface area contributed by atoms with E-state index < -0.39 is 9.84 Å². The molecule has 0 saturated carbocycles. The zero-order chi connectivity index (χ0) is 32.4. The van der Waals surface area contributed by atoms with Crippen LogP contribution in [-0.2, 0) is 41.7 Å². The number of allylic oxidation sites excluding steroid dienone is 1. The molecule has 44 heavy (non-hydrogen) atoms. The van der Waals surface area contributed by atoms with Crippen LogP contribution in [0.25, 0.3) is 5.70 Å². The van der Waals surface area contributed by atoms with E-state index in [1.54, 1.807) is 19.9 Å². The van der Waals surface area contributed by atoms with Gasteiger partial charge in [0.15, 0.2) is 9.84 Å². The summed E-state index contributed by atoms with van der Waals surface area (Å²) < 4.78 is 46.3. The second-order valence-corrected chi connectivity index (χ2v) is 12.2. The monoisotopic (exact) mass is 630 g/mol. The number of nitrogens with two attached hydrogens (primary N) is 1. The van der Waals surface area contributed by atoms with Crippen LogP contribution in [0, 0.1) is 5.41 Å². The van der Waals surface area contributed by atoms with Gasteiger partial charge in [-0.15, -0.1) is 0 Å². The number of carbonyl (C=O) groups is 2. The fraction of sp³-hybridized carbons (Fsp3) is 0.485. The van der Waals surface area contributed by atoms with Crippen molar-refractivity contribution in [2.45, 2.75) is 76.5 Å². The summed E-state index contributed by atoms with van der Waals surface area (Å²) in [5.74, 6) is 0.634. The number of carbonyl (C=O) groups excluding carboxylic acids is 2. The Morgan fingerprint density at radius 3 is 2.23 bits per heavy atom. The van der Waals surface area contributed by atoms with E-state index in [-0.39, 0.29) is 35.4 Å². The van der Waals surface area contributed by atoms with Crippen LogP contribution < -0.4 is 15.2 Å². The van der Waals surface area contributed by atoms with E-state index in [1.165, 1.54) is 18.2 Å². The number of hydrogen-bond acceptors (Lipinski definition) is 10. The molecular weight excluding hydrogens is 584 g/mol. The fourth-order valence-corrected chi connectivity index (χ4v) is 5.21. The summed E-state index contributed by atoms with van der Waals surface area (Å²) in [6.07, 6.45) is 9.54. The quantitative estimate of drug-likeness (QED) is 0.104. The van der Waals surface area contributed by atoms with Gasteiger partial charge >= 0.3 is 11.9 Å². The average molecular weight is 631 g/mol. The average Bonchev–Trinajstić information content (AvgIpc) is 2.98. The molecule has 2 rings (SSSR count). The van der Waals surface area contributed by atoms with Crippen LogP contribution in [0.5, 0.6) is 11.5 Å². The third kappa shape index (κ3) is 13.2. The van der Waals surface area contributed by atoms with Crippen molar-refractivity contribution in [3.8, 4) is 11.5 Å². The molecule has 10 nitrogen and oxygen atoms in total. The van der Waals surface area contributed by atoms with Crippen LogP contribution in [0.1, 0.15) is 75.5 Å². The number of aryl methyl sites for hydroxylation is 1. The summed E-state index contributed by atoms with van der Waals surface area (Å²) in [5, 5.41) is 7.22. The molecule has 3 N–H and O–H groups in total. The number of rotatable bonds is 21. The van der Waals surface area contributed by atoms with E-state index in [4.69, 9.17) is 30.1 Å². The first-order chi connectivity index (χ1) is 21.1. The molecule has 0 saturated heterocycles. The first-order valence-corrected chi connectivity index (χ1v) is 17.0. The Hall–Kier alpha value is -3.86. The van der Waals surface area contributed by atoms with Crippen LogP contribution in [0.2, 0.25) is 0 Å². The van der Waals surface area contributed by atoms with Crippen molar-refractivity contribution in [3.63, 3.8) is 0 Å². The zero-order valence-corrected chi connectivity index (χ0v) is 26.9.